The Labute approximate surface area is 153 Å². The first-order valence-corrected chi connectivity index (χ1v) is 9.74. The lowest BCUT2D eigenvalue weighted by Gasteiger charge is -2.25. The Morgan fingerprint density at radius 3 is 2.76 bits per heavy atom. The summed E-state index contributed by atoms with van der Waals surface area (Å²) in [4.78, 5) is 18.9. The highest BCUT2D eigenvalue weighted by atomic mass is 32.1. The number of ether oxygens (including phenoxy) is 1. The van der Waals surface area contributed by atoms with Crippen molar-refractivity contribution in [2.75, 3.05) is 31.1 Å². The smallest absolute Gasteiger partial charge is 0.257 e. The summed E-state index contributed by atoms with van der Waals surface area (Å²) in [5.74, 6) is 0.610. The molecule has 0 bridgehead atoms. The zero-order valence-corrected chi connectivity index (χ0v) is 15.5. The average molecular weight is 359 g/mol. The van der Waals surface area contributed by atoms with E-state index in [1.807, 2.05) is 31.2 Å². The summed E-state index contributed by atoms with van der Waals surface area (Å²) >= 11 is 1.70. The molecule has 1 saturated heterocycles. The van der Waals surface area contributed by atoms with Gasteiger partial charge in [0.05, 0.1) is 5.69 Å². The van der Waals surface area contributed by atoms with E-state index < -0.39 is 0 Å². The van der Waals surface area contributed by atoms with Crippen molar-refractivity contribution in [3.8, 4) is 5.75 Å². The van der Waals surface area contributed by atoms with Gasteiger partial charge in [-0.25, -0.2) is 4.98 Å². The number of nitrogens with one attached hydrogen (secondary N) is 1. The van der Waals surface area contributed by atoms with Crippen molar-refractivity contribution in [3.05, 3.63) is 40.9 Å². The van der Waals surface area contributed by atoms with Crippen molar-refractivity contribution in [1.29, 1.82) is 0 Å². The fourth-order valence-corrected chi connectivity index (χ4v) is 3.72. The normalized spacial score (nSPS) is 14.4. The van der Waals surface area contributed by atoms with Crippen LogP contribution >= 0.6 is 11.3 Å². The maximum Gasteiger partial charge on any atom is 0.257 e. The first-order valence-electron chi connectivity index (χ1n) is 8.86. The van der Waals surface area contributed by atoms with Gasteiger partial charge in [0.15, 0.2) is 11.7 Å². The van der Waals surface area contributed by atoms with Gasteiger partial charge < -0.3 is 15.0 Å². The van der Waals surface area contributed by atoms with Crippen LogP contribution in [0.15, 0.2) is 29.6 Å². The van der Waals surface area contributed by atoms with E-state index in [2.05, 4.69) is 15.6 Å². The number of anilines is 1. The molecule has 0 spiro atoms. The highest BCUT2D eigenvalue weighted by Gasteiger charge is 2.14. The Balaban J connectivity index is 1.36. The van der Waals surface area contributed by atoms with Crippen LogP contribution in [0.4, 0.5) is 5.13 Å². The van der Waals surface area contributed by atoms with Crippen LogP contribution in [-0.2, 0) is 11.2 Å². The van der Waals surface area contributed by atoms with Crippen LogP contribution in [0.3, 0.4) is 0 Å². The first-order chi connectivity index (χ1) is 12.2. The molecule has 134 valence electrons. The highest BCUT2D eigenvalue weighted by Crippen LogP contribution is 2.24. The van der Waals surface area contributed by atoms with Gasteiger partial charge in [-0.3, -0.25) is 4.79 Å². The van der Waals surface area contributed by atoms with Crippen molar-refractivity contribution in [2.45, 2.75) is 32.6 Å². The predicted octanol–water partition coefficient (Wildman–Crippen LogP) is 3.18. The predicted molar refractivity (Wildman–Crippen MR) is 102 cm³/mol. The Morgan fingerprint density at radius 2 is 2.00 bits per heavy atom. The minimum absolute atomic E-state index is 0.0408. The second kappa shape index (κ2) is 8.85. The average Bonchev–Trinajstić information content (AvgIpc) is 3.11. The Kier molecular flexibility index (Phi) is 6.28. The van der Waals surface area contributed by atoms with Gasteiger partial charge in [0, 0.05) is 31.4 Å². The van der Waals surface area contributed by atoms with Gasteiger partial charge in [-0.2, -0.15) is 0 Å². The molecule has 0 atom stereocenters. The zero-order valence-electron chi connectivity index (χ0n) is 14.7. The van der Waals surface area contributed by atoms with Gasteiger partial charge in [-0.1, -0.05) is 17.7 Å². The summed E-state index contributed by atoms with van der Waals surface area (Å²) in [6, 6.07) is 7.69. The summed E-state index contributed by atoms with van der Waals surface area (Å²) in [7, 11) is 0. The number of rotatable bonds is 7. The first kappa shape index (κ1) is 17.7. The third-order valence-electron chi connectivity index (χ3n) is 4.26. The number of hydrogen-bond acceptors (Lipinski definition) is 5. The summed E-state index contributed by atoms with van der Waals surface area (Å²) in [5.41, 5.74) is 2.22. The molecule has 1 aromatic carbocycles. The van der Waals surface area contributed by atoms with E-state index in [-0.39, 0.29) is 12.5 Å². The van der Waals surface area contributed by atoms with Crippen LogP contribution < -0.4 is 15.0 Å². The minimum Gasteiger partial charge on any atom is -0.484 e. The fraction of sp³-hybridized carbons (Fsp3) is 0.474. The summed E-state index contributed by atoms with van der Waals surface area (Å²) in [6.07, 6.45) is 4.59. The van der Waals surface area contributed by atoms with Crippen molar-refractivity contribution in [2.24, 2.45) is 0 Å². The third-order valence-corrected chi connectivity index (χ3v) is 5.21. The molecule has 0 unspecified atom stereocenters. The molecule has 0 radical (unpaired) electrons. The third kappa shape index (κ3) is 5.46. The standard InChI is InChI=1S/C19H25N3O2S/c1-15-5-7-17(8-6-15)24-13-18(23)20-10-9-16-14-25-19(21-16)22-11-3-2-4-12-22/h5-8,14H,2-4,9-13H2,1H3,(H,20,23). The summed E-state index contributed by atoms with van der Waals surface area (Å²) in [5, 5.41) is 6.10. The van der Waals surface area contributed by atoms with E-state index in [4.69, 9.17) is 9.72 Å². The molecular formula is C19H25N3O2S. The molecule has 0 saturated carbocycles. The maximum absolute atomic E-state index is 11.9. The Morgan fingerprint density at radius 1 is 1.24 bits per heavy atom. The van der Waals surface area contributed by atoms with E-state index in [0.29, 0.717) is 12.3 Å². The van der Waals surface area contributed by atoms with E-state index >= 15 is 0 Å². The second-order valence-corrected chi connectivity index (χ2v) is 7.21. The fourth-order valence-electron chi connectivity index (χ4n) is 2.81. The molecule has 1 aromatic heterocycles. The van der Waals surface area contributed by atoms with Crippen LogP contribution in [-0.4, -0.2) is 37.1 Å². The molecule has 6 heteroatoms. The van der Waals surface area contributed by atoms with Crippen molar-refractivity contribution < 1.29 is 9.53 Å². The lowest BCUT2D eigenvalue weighted by molar-refractivity contribution is -0.123. The lowest BCUT2D eigenvalue weighted by atomic mass is 10.1. The van der Waals surface area contributed by atoms with Crippen molar-refractivity contribution in [1.82, 2.24) is 10.3 Å². The molecule has 1 amide bonds. The molecule has 1 aliphatic heterocycles. The van der Waals surface area contributed by atoms with Gasteiger partial charge in [-0.05, 0) is 38.3 Å². The monoisotopic (exact) mass is 359 g/mol. The molecule has 2 aromatic rings. The van der Waals surface area contributed by atoms with Gasteiger partial charge >= 0.3 is 0 Å². The molecule has 5 nitrogen and oxygen atoms in total. The largest absolute Gasteiger partial charge is 0.484 e. The number of hydrogen-bond donors (Lipinski definition) is 1. The van der Waals surface area contributed by atoms with Crippen LogP contribution in [0.5, 0.6) is 5.75 Å². The SMILES string of the molecule is Cc1ccc(OCC(=O)NCCc2csc(N3CCCCC3)n2)cc1. The quantitative estimate of drug-likeness (QED) is 0.825. The van der Waals surface area contributed by atoms with Crippen molar-refractivity contribution >= 4 is 22.4 Å². The van der Waals surface area contributed by atoms with Crippen LogP contribution in [0.2, 0.25) is 0 Å². The van der Waals surface area contributed by atoms with Gasteiger partial charge in [0.1, 0.15) is 5.75 Å². The van der Waals surface area contributed by atoms with Crippen LogP contribution in [0.25, 0.3) is 0 Å². The van der Waals surface area contributed by atoms with E-state index in [1.165, 1.54) is 24.8 Å². The minimum atomic E-state index is -0.105. The maximum atomic E-state index is 11.9. The molecule has 1 aliphatic rings. The van der Waals surface area contributed by atoms with E-state index in [9.17, 15) is 4.79 Å². The molecular weight excluding hydrogens is 334 g/mol. The Hall–Kier alpha value is -2.08. The number of aromatic nitrogens is 1. The van der Waals surface area contributed by atoms with E-state index in [1.54, 1.807) is 11.3 Å². The topological polar surface area (TPSA) is 54.5 Å². The van der Waals surface area contributed by atoms with Gasteiger partial charge in [-0.15, -0.1) is 11.3 Å². The number of aryl methyl sites for hydroxylation is 1. The number of carbonyl (C=O) groups is 1. The molecule has 0 aliphatic carbocycles. The second-order valence-electron chi connectivity index (χ2n) is 6.37. The highest BCUT2D eigenvalue weighted by molar-refractivity contribution is 7.13. The number of benzene rings is 1. The van der Waals surface area contributed by atoms with E-state index in [0.717, 1.165) is 30.3 Å². The lowest BCUT2D eigenvalue weighted by Crippen LogP contribution is -2.31. The van der Waals surface area contributed by atoms with Crippen LogP contribution in [0.1, 0.15) is 30.5 Å². The number of nitrogens with zero attached hydrogens (tertiary/aromatic N) is 2. The summed E-state index contributed by atoms with van der Waals surface area (Å²) in [6.45, 7) is 4.87. The molecule has 1 N–H and O–H groups in total. The van der Waals surface area contributed by atoms with Crippen molar-refractivity contribution in [3.63, 3.8) is 0 Å². The number of piperidine rings is 1. The zero-order chi connectivity index (χ0) is 17.5. The molecule has 3 rings (SSSR count). The van der Waals surface area contributed by atoms with Gasteiger partial charge in [0.2, 0.25) is 0 Å². The molecule has 25 heavy (non-hydrogen) atoms. The number of carbonyl (C=O) groups excluding carboxylic acids is 1. The number of amides is 1. The van der Waals surface area contributed by atoms with Crippen LogP contribution in [0, 0.1) is 6.92 Å². The molecule has 2 heterocycles. The summed E-state index contributed by atoms with van der Waals surface area (Å²) < 4.78 is 5.48. The van der Waals surface area contributed by atoms with Gasteiger partial charge in [0.25, 0.3) is 5.91 Å². The Bertz CT molecular complexity index is 678. The molecule has 1 fully saturated rings. The number of thiazole rings is 1.